The van der Waals surface area contributed by atoms with Crippen molar-refractivity contribution in [3.05, 3.63) is 48.6 Å². The lowest BCUT2D eigenvalue weighted by atomic mass is 10.0. The molecule has 0 aliphatic carbocycles. The fourth-order valence-corrected chi connectivity index (χ4v) is 7.12. The van der Waals surface area contributed by atoms with Crippen LogP contribution >= 0.6 is 0 Å². The summed E-state index contributed by atoms with van der Waals surface area (Å²) in [6, 6.07) is -1.39. The fraction of sp³-hybridized carbons (Fsp3) is 0.765. The number of allylic oxidation sites excluding steroid dienone is 8. The number of hydrogen-bond donors (Lipinski definition) is 4. The van der Waals surface area contributed by atoms with E-state index in [1.54, 1.807) is 0 Å². The lowest BCUT2D eigenvalue weighted by molar-refractivity contribution is -0.150. The number of carbonyl (C=O) groups excluding carboxylic acids is 3. The van der Waals surface area contributed by atoms with Crippen LogP contribution < -0.4 is 10.6 Å². The number of hydrogen-bond acceptors (Lipinski definition) is 6. The summed E-state index contributed by atoms with van der Waals surface area (Å²) in [4.78, 5) is 47.7. The second-order valence-electron chi connectivity index (χ2n) is 16.5. The number of carbonyl (C=O) groups is 4. The number of esters is 1. The lowest BCUT2D eigenvalue weighted by Crippen LogP contribution is -2.47. The third kappa shape index (κ3) is 41.5. The predicted molar refractivity (Wildman–Crippen MR) is 250 cm³/mol. The minimum absolute atomic E-state index is 0.0517. The van der Waals surface area contributed by atoms with E-state index in [0.717, 1.165) is 96.3 Å². The van der Waals surface area contributed by atoms with Crippen molar-refractivity contribution in [1.29, 1.82) is 0 Å². The maximum absolute atomic E-state index is 12.9. The van der Waals surface area contributed by atoms with Gasteiger partial charge in [0.2, 0.25) is 11.8 Å². The highest BCUT2D eigenvalue weighted by Gasteiger charge is 2.19. The second-order valence-corrected chi connectivity index (χ2v) is 16.5. The molecule has 0 aromatic carbocycles. The third-order valence-electron chi connectivity index (χ3n) is 10.8. The molecule has 0 heterocycles. The molecule has 0 aromatic heterocycles. The molecule has 346 valence electrons. The zero-order valence-corrected chi connectivity index (χ0v) is 38.5. The van der Waals surface area contributed by atoms with Crippen LogP contribution in [0.3, 0.4) is 0 Å². The van der Waals surface area contributed by atoms with Gasteiger partial charge in [-0.15, -0.1) is 0 Å². The number of carboxylic acids is 1. The molecule has 2 unspecified atom stereocenters. The SMILES string of the molecule is CC/C=C\C/C=C\C/C=C\C/C=C\CCCCC(CCCCCCCC(=O)NCC(=O)NC(CO)C(=O)O)OC(=O)CCCCCCCCCCCCCCCCCCC. The van der Waals surface area contributed by atoms with E-state index in [4.69, 9.17) is 14.9 Å². The molecule has 4 N–H and O–H groups in total. The van der Waals surface area contributed by atoms with Crippen LogP contribution in [-0.2, 0) is 23.9 Å². The van der Waals surface area contributed by atoms with E-state index in [-0.39, 0.29) is 30.9 Å². The number of ether oxygens (including phenoxy) is 1. The number of carboxylic acid groups (broad SMARTS) is 1. The van der Waals surface area contributed by atoms with Gasteiger partial charge in [0, 0.05) is 12.8 Å². The monoisotopic (exact) mass is 843 g/mol. The summed E-state index contributed by atoms with van der Waals surface area (Å²) in [5.41, 5.74) is 0. The second kappa shape index (κ2) is 45.3. The highest BCUT2D eigenvalue weighted by atomic mass is 16.5. The van der Waals surface area contributed by atoms with Crippen molar-refractivity contribution < 1.29 is 34.1 Å². The van der Waals surface area contributed by atoms with Crippen LogP contribution in [0.15, 0.2) is 48.6 Å². The van der Waals surface area contributed by atoms with Crippen LogP contribution in [0.5, 0.6) is 0 Å². The number of nitrogens with one attached hydrogen (secondary N) is 2. The van der Waals surface area contributed by atoms with Crippen molar-refractivity contribution in [3.8, 4) is 0 Å². The summed E-state index contributed by atoms with van der Waals surface area (Å²) in [5, 5.41) is 22.6. The van der Waals surface area contributed by atoms with Gasteiger partial charge in [-0.1, -0.05) is 184 Å². The van der Waals surface area contributed by atoms with Gasteiger partial charge in [-0.3, -0.25) is 14.4 Å². The van der Waals surface area contributed by atoms with Crippen LogP contribution in [0.4, 0.5) is 0 Å². The average Bonchev–Trinajstić information content (AvgIpc) is 3.23. The first-order valence-electron chi connectivity index (χ1n) is 24.5. The van der Waals surface area contributed by atoms with E-state index in [2.05, 4.69) is 73.1 Å². The molecule has 0 bridgehead atoms. The highest BCUT2D eigenvalue weighted by Crippen LogP contribution is 2.19. The van der Waals surface area contributed by atoms with E-state index in [1.165, 1.54) is 96.3 Å². The zero-order valence-electron chi connectivity index (χ0n) is 38.5. The van der Waals surface area contributed by atoms with Gasteiger partial charge in [0.15, 0.2) is 0 Å². The van der Waals surface area contributed by atoms with Gasteiger partial charge in [0.05, 0.1) is 13.2 Å². The Morgan fingerprint density at radius 1 is 0.517 bits per heavy atom. The molecule has 2 amide bonds. The Morgan fingerprint density at radius 2 is 0.950 bits per heavy atom. The maximum atomic E-state index is 12.9. The van der Waals surface area contributed by atoms with Gasteiger partial charge in [0.1, 0.15) is 12.1 Å². The van der Waals surface area contributed by atoms with Gasteiger partial charge < -0.3 is 25.6 Å². The Hall–Kier alpha value is -3.20. The van der Waals surface area contributed by atoms with Crippen LogP contribution in [0.1, 0.15) is 226 Å². The first kappa shape index (κ1) is 56.8. The summed E-state index contributed by atoms with van der Waals surface area (Å²) in [6.07, 6.45) is 54.3. The number of amides is 2. The maximum Gasteiger partial charge on any atom is 0.328 e. The lowest BCUT2D eigenvalue weighted by Gasteiger charge is -2.18. The van der Waals surface area contributed by atoms with Gasteiger partial charge >= 0.3 is 11.9 Å². The molecule has 0 aliphatic rings. The molecule has 0 saturated heterocycles. The van der Waals surface area contributed by atoms with E-state index < -0.39 is 24.5 Å². The highest BCUT2D eigenvalue weighted by molar-refractivity contribution is 5.87. The molecule has 0 aromatic rings. The molecule has 9 heteroatoms. The molecule has 2 atom stereocenters. The molecule has 9 nitrogen and oxygen atoms in total. The van der Waals surface area contributed by atoms with E-state index in [1.807, 2.05) is 0 Å². The van der Waals surface area contributed by atoms with Crippen molar-refractivity contribution in [1.82, 2.24) is 10.6 Å². The van der Waals surface area contributed by atoms with Crippen molar-refractivity contribution in [2.24, 2.45) is 0 Å². The number of rotatable bonds is 44. The molecule has 0 saturated carbocycles. The molecule has 60 heavy (non-hydrogen) atoms. The smallest absolute Gasteiger partial charge is 0.328 e. The zero-order chi connectivity index (χ0) is 44.0. The standard InChI is InChI=1S/C51H90N2O7/c1-3-5-7-9-11-13-15-17-19-20-22-24-26-28-30-35-39-43-50(57)60-46(40-36-32-29-27-25-23-21-18-16-14-12-10-8-6-4-2)41-37-33-31-34-38-42-48(55)52-44-49(56)53-47(45-54)51(58)59/h6,8,12,14,18,21,25,27,46-47,54H,3-5,7,9-11,13,15-17,19-20,22-24,26,28-45H2,1-2H3,(H,52,55)(H,53,56)(H,58,59)/b8-6-,14-12-,21-18-,27-25-. The van der Waals surface area contributed by atoms with Crippen LogP contribution in [-0.4, -0.2) is 59.3 Å². The summed E-state index contributed by atoms with van der Waals surface area (Å²) >= 11 is 0. The van der Waals surface area contributed by atoms with Gasteiger partial charge in [0.25, 0.3) is 0 Å². The normalized spacial score (nSPS) is 12.8. The largest absolute Gasteiger partial charge is 0.480 e. The van der Waals surface area contributed by atoms with Crippen molar-refractivity contribution in [3.63, 3.8) is 0 Å². The predicted octanol–water partition coefficient (Wildman–Crippen LogP) is 12.7. The van der Waals surface area contributed by atoms with E-state index >= 15 is 0 Å². The third-order valence-corrected chi connectivity index (χ3v) is 10.8. The first-order chi connectivity index (χ1) is 29.3. The number of unbranched alkanes of at least 4 members (excludes halogenated alkanes) is 22. The number of aliphatic hydroxyl groups excluding tert-OH is 1. The van der Waals surface area contributed by atoms with Crippen molar-refractivity contribution >= 4 is 23.8 Å². The van der Waals surface area contributed by atoms with Crippen molar-refractivity contribution in [2.75, 3.05) is 13.2 Å². The summed E-state index contributed by atoms with van der Waals surface area (Å²) in [7, 11) is 0. The van der Waals surface area contributed by atoms with Crippen LogP contribution in [0.2, 0.25) is 0 Å². The topological polar surface area (TPSA) is 142 Å². The molecule has 0 fully saturated rings. The van der Waals surface area contributed by atoms with Gasteiger partial charge in [-0.2, -0.15) is 0 Å². The Kier molecular flexibility index (Phi) is 42.9. The van der Waals surface area contributed by atoms with Crippen LogP contribution in [0, 0.1) is 0 Å². The minimum Gasteiger partial charge on any atom is -0.480 e. The van der Waals surface area contributed by atoms with E-state index in [9.17, 15) is 19.2 Å². The quantitative estimate of drug-likeness (QED) is 0.0272. The first-order valence-corrected chi connectivity index (χ1v) is 24.5. The van der Waals surface area contributed by atoms with Crippen molar-refractivity contribution in [2.45, 2.75) is 238 Å². The molecule has 0 rings (SSSR count). The molecule has 0 radical (unpaired) electrons. The summed E-state index contributed by atoms with van der Waals surface area (Å²) in [6.45, 7) is 3.38. The fourth-order valence-electron chi connectivity index (χ4n) is 7.12. The molecule has 0 aliphatic heterocycles. The molecular weight excluding hydrogens is 753 g/mol. The Labute approximate surface area is 367 Å². The van der Waals surface area contributed by atoms with Gasteiger partial charge in [-0.05, 0) is 77.0 Å². The number of aliphatic hydroxyl groups is 1. The Bertz CT molecular complexity index is 1150. The van der Waals surface area contributed by atoms with Crippen LogP contribution in [0.25, 0.3) is 0 Å². The van der Waals surface area contributed by atoms with E-state index in [0.29, 0.717) is 12.8 Å². The molecular formula is C51H90N2O7. The number of aliphatic carboxylic acids is 1. The Morgan fingerprint density at radius 3 is 1.43 bits per heavy atom. The summed E-state index contributed by atoms with van der Waals surface area (Å²) < 4.78 is 6.04. The van der Waals surface area contributed by atoms with Gasteiger partial charge in [-0.25, -0.2) is 4.79 Å². The average molecular weight is 843 g/mol. The minimum atomic E-state index is -1.39. The summed E-state index contributed by atoms with van der Waals surface area (Å²) in [5.74, 6) is -2.32. The Balaban J connectivity index is 4.37. The molecule has 0 spiro atoms.